The summed E-state index contributed by atoms with van der Waals surface area (Å²) in [4.78, 5) is 4.18. The van der Waals surface area contributed by atoms with Crippen molar-refractivity contribution in [2.45, 2.75) is 26.4 Å². The molecular weight excluding hydrogens is 258 g/mol. The van der Waals surface area contributed by atoms with E-state index < -0.39 is 0 Å². The van der Waals surface area contributed by atoms with E-state index in [2.05, 4.69) is 58.3 Å². The molecule has 0 aliphatic rings. The van der Waals surface area contributed by atoms with Crippen molar-refractivity contribution >= 4 is 10.9 Å². The van der Waals surface area contributed by atoms with Gasteiger partial charge in [0.1, 0.15) is 0 Å². The highest BCUT2D eigenvalue weighted by atomic mass is 14.9. The highest BCUT2D eigenvalue weighted by molar-refractivity contribution is 5.80. The number of aryl methyl sites for hydroxylation is 2. The lowest BCUT2D eigenvalue weighted by atomic mass is 10.1. The predicted octanol–water partition coefficient (Wildman–Crippen LogP) is 3.39. The molecule has 3 aromatic rings. The number of rotatable bonds is 6. The van der Waals surface area contributed by atoms with Gasteiger partial charge in [0, 0.05) is 37.2 Å². The lowest BCUT2D eigenvalue weighted by Crippen LogP contribution is -2.11. The van der Waals surface area contributed by atoms with Crippen LogP contribution in [0.25, 0.3) is 10.9 Å². The Morgan fingerprint density at radius 3 is 2.90 bits per heavy atom. The van der Waals surface area contributed by atoms with Gasteiger partial charge in [-0.05, 0) is 47.7 Å². The third kappa shape index (κ3) is 3.31. The maximum atomic E-state index is 4.18. The Bertz CT molecular complexity index is 701. The Balaban J connectivity index is 1.78. The second kappa shape index (κ2) is 6.55. The fourth-order valence-electron chi connectivity index (χ4n) is 2.60. The first-order chi connectivity index (χ1) is 10.4. The summed E-state index contributed by atoms with van der Waals surface area (Å²) in [5.74, 6) is 0. The highest BCUT2D eigenvalue weighted by Gasteiger charge is 2.03. The van der Waals surface area contributed by atoms with Gasteiger partial charge in [0.2, 0.25) is 0 Å². The first-order valence-electron chi connectivity index (χ1n) is 7.54. The first kappa shape index (κ1) is 13.8. The van der Waals surface area contributed by atoms with E-state index in [1.54, 1.807) is 0 Å². The molecule has 3 nitrogen and oxygen atoms in total. The molecule has 0 unspecified atom stereocenters. The largest absolute Gasteiger partial charge is 0.347 e. The van der Waals surface area contributed by atoms with Gasteiger partial charge >= 0.3 is 0 Å². The number of benzene rings is 1. The van der Waals surface area contributed by atoms with Gasteiger partial charge in [-0.15, -0.1) is 0 Å². The molecule has 0 saturated heterocycles. The van der Waals surface area contributed by atoms with E-state index in [4.69, 9.17) is 0 Å². The summed E-state index contributed by atoms with van der Waals surface area (Å²) in [6, 6.07) is 13.0. The molecule has 3 heteroatoms. The fourth-order valence-corrected chi connectivity index (χ4v) is 2.60. The molecule has 0 aliphatic carbocycles. The monoisotopic (exact) mass is 279 g/mol. The van der Waals surface area contributed by atoms with Crippen molar-refractivity contribution in [1.29, 1.82) is 0 Å². The van der Waals surface area contributed by atoms with E-state index in [1.807, 2.05) is 18.5 Å². The van der Waals surface area contributed by atoms with Gasteiger partial charge in [-0.2, -0.15) is 0 Å². The Hall–Kier alpha value is -2.13. The zero-order chi connectivity index (χ0) is 14.5. The molecule has 0 bridgehead atoms. The van der Waals surface area contributed by atoms with Gasteiger partial charge in [-0.3, -0.25) is 4.98 Å². The Morgan fingerprint density at radius 2 is 2.10 bits per heavy atom. The topological polar surface area (TPSA) is 29.9 Å². The molecule has 0 atom stereocenters. The van der Waals surface area contributed by atoms with Crippen molar-refractivity contribution in [3.05, 3.63) is 66.1 Å². The van der Waals surface area contributed by atoms with Crippen LogP contribution >= 0.6 is 0 Å². The van der Waals surface area contributed by atoms with E-state index in [0.29, 0.717) is 0 Å². The molecule has 21 heavy (non-hydrogen) atoms. The smallest absolute Gasteiger partial charge is 0.0483 e. The predicted molar refractivity (Wildman–Crippen MR) is 87.3 cm³/mol. The normalized spacial score (nSPS) is 11.1. The van der Waals surface area contributed by atoms with Crippen LogP contribution in [0, 0.1) is 0 Å². The highest BCUT2D eigenvalue weighted by Crippen LogP contribution is 2.18. The quantitative estimate of drug-likeness (QED) is 0.749. The van der Waals surface area contributed by atoms with Crippen molar-refractivity contribution in [2.24, 2.45) is 0 Å². The van der Waals surface area contributed by atoms with Crippen LogP contribution < -0.4 is 5.32 Å². The minimum absolute atomic E-state index is 0.931. The standard InChI is InChI=1S/C18H21N3/c1-2-19-14-16-5-6-17-8-11-21(18(17)12-16)10-7-15-4-3-9-20-13-15/h3-6,8-9,11-13,19H,2,7,10,14H2,1H3. The molecule has 0 spiro atoms. The van der Waals surface area contributed by atoms with E-state index in [-0.39, 0.29) is 0 Å². The van der Waals surface area contributed by atoms with Crippen LogP contribution in [0.3, 0.4) is 0 Å². The number of nitrogens with zero attached hydrogens (tertiary/aromatic N) is 2. The van der Waals surface area contributed by atoms with Crippen LogP contribution in [0.15, 0.2) is 55.0 Å². The molecule has 0 amide bonds. The number of nitrogens with one attached hydrogen (secondary N) is 1. The molecule has 0 saturated carbocycles. The zero-order valence-corrected chi connectivity index (χ0v) is 12.4. The molecule has 0 radical (unpaired) electrons. The van der Waals surface area contributed by atoms with E-state index >= 15 is 0 Å². The van der Waals surface area contributed by atoms with Crippen molar-refractivity contribution in [2.75, 3.05) is 6.54 Å². The first-order valence-corrected chi connectivity index (χ1v) is 7.54. The molecule has 2 heterocycles. The SMILES string of the molecule is CCNCc1ccc2ccn(CCc3cccnc3)c2c1. The minimum atomic E-state index is 0.931. The average Bonchev–Trinajstić information content (AvgIpc) is 2.94. The summed E-state index contributed by atoms with van der Waals surface area (Å²) in [5.41, 5.74) is 3.93. The van der Waals surface area contributed by atoms with Gasteiger partial charge in [-0.1, -0.05) is 25.1 Å². The lowest BCUT2D eigenvalue weighted by molar-refractivity contribution is 0.715. The van der Waals surface area contributed by atoms with Crippen LogP contribution in [0.2, 0.25) is 0 Å². The van der Waals surface area contributed by atoms with Crippen molar-refractivity contribution in [3.63, 3.8) is 0 Å². The number of pyridine rings is 1. The molecule has 2 aromatic heterocycles. The van der Waals surface area contributed by atoms with Crippen molar-refractivity contribution < 1.29 is 0 Å². The van der Waals surface area contributed by atoms with Gasteiger partial charge < -0.3 is 9.88 Å². The molecule has 108 valence electrons. The van der Waals surface area contributed by atoms with E-state index in [9.17, 15) is 0 Å². The van der Waals surface area contributed by atoms with Gasteiger partial charge in [0.05, 0.1) is 0 Å². The summed E-state index contributed by atoms with van der Waals surface area (Å²) in [5, 5.41) is 4.69. The Labute approximate surface area is 125 Å². The maximum absolute atomic E-state index is 4.18. The zero-order valence-electron chi connectivity index (χ0n) is 12.4. The number of fused-ring (bicyclic) bond motifs is 1. The van der Waals surface area contributed by atoms with Crippen molar-refractivity contribution in [3.8, 4) is 0 Å². The molecular formula is C18H21N3. The number of aromatic nitrogens is 2. The molecule has 1 aromatic carbocycles. The molecule has 3 rings (SSSR count). The lowest BCUT2D eigenvalue weighted by Gasteiger charge is -2.07. The van der Waals surface area contributed by atoms with Gasteiger partial charge in [0.25, 0.3) is 0 Å². The van der Waals surface area contributed by atoms with Crippen LogP contribution in [0.4, 0.5) is 0 Å². The second-order valence-corrected chi connectivity index (χ2v) is 5.29. The van der Waals surface area contributed by atoms with E-state index in [0.717, 1.165) is 26.1 Å². The third-order valence-corrected chi connectivity index (χ3v) is 3.78. The minimum Gasteiger partial charge on any atom is -0.347 e. The number of hydrogen-bond acceptors (Lipinski definition) is 2. The Morgan fingerprint density at radius 1 is 1.14 bits per heavy atom. The van der Waals surface area contributed by atoms with Crippen LogP contribution in [0.5, 0.6) is 0 Å². The van der Waals surface area contributed by atoms with E-state index in [1.165, 1.54) is 22.0 Å². The summed E-state index contributed by atoms with van der Waals surface area (Å²) >= 11 is 0. The summed E-state index contributed by atoms with van der Waals surface area (Å²) in [6.07, 6.45) is 6.96. The summed E-state index contributed by atoms with van der Waals surface area (Å²) < 4.78 is 2.33. The van der Waals surface area contributed by atoms with Crippen LogP contribution in [-0.2, 0) is 19.5 Å². The van der Waals surface area contributed by atoms with Crippen molar-refractivity contribution in [1.82, 2.24) is 14.9 Å². The fraction of sp³-hybridized carbons (Fsp3) is 0.278. The third-order valence-electron chi connectivity index (χ3n) is 3.78. The molecule has 1 N–H and O–H groups in total. The molecule has 0 aliphatic heterocycles. The van der Waals surface area contributed by atoms with Gasteiger partial charge in [-0.25, -0.2) is 0 Å². The van der Waals surface area contributed by atoms with Gasteiger partial charge in [0.15, 0.2) is 0 Å². The maximum Gasteiger partial charge on any atom is 0.0483 e. The van der Waals surface area contributed by atoms with Crippen LogP contribution in [0.1, 0.15) is 18.1 Å². The Kier molecular flexibility index (Phi) is 4.31. The molecule has 0 fully saturated rings. The summed E-state index contributed by atoms with van der Waals surface area (Å²) in [7, 11) is 0. The second-order valence-electron chi connectivity index (χ2n) is 5.29. The average molecular weight is 279 g/mol. The summed E-state index contributed by atoms with van der Waals surface area (Å²) in [6.45, 7) is 5.05. The van der Waals surface area contributed by atoms with Crippen LogP contribution in [-0.4, -0.2) is 16.1 Å². The number of hydrogen-bond donors (Lipinski definition) is 1.